The lowest BCUT2D eigenvalue weighted by Gasteiger charge is -2.31. The first-order valence-corrected chi connectivity index (χ1v) is 5.56. The van der Waals surface area contributed by atoms with Crippen LogP contribution in [-0.2, 0) is 4.79 Å². The number of carbonyl (C=O) groups excluding carboxylic acids is 1. The van der Waals surface area contributed by atoms with Gasteiger partial charge in [-0.3, -0.25) is 9.78 Å². The molecule has 5 nitrogen and oxygen atoms in total. The van der Waals surface area contributed by atoms with Gasteiger partial charge in [0.25, 0.3) is 0 Å². The molecule has 0 saturated carbocycles. The maximum absolute atomic E-state index is 11.0. The standard InChI is InChI=1S/C10H13ClN4O/c11-8-5-13-6-9(14-8)15-3-1-7(2-4-15)10(12)16/h5-7H,1-4H2,(H2,12,16). The largest absolute Gasteiger partial charge is 0.369 e. The van der Waals surface area contributed by atoms with E-state index < -0.39 is 0 Å². The second-order valence-electron chi connectivity index (χ2n) is 3.86. The summed E-state index contributed by atoms with van der Waals surface area (Å²) in [6.45, 7) is 1.53. The predicted octanol–water partition coefficient (Wildman–Crippen LogP) is 0.832. The van der Waals surface area contributed by atoms with Crippen LogP contribution in [0, 0.1) is 5.92 Å². The lowest BCUT2D eigenvalue weighted by Crippen LogP contribution is -2.38. The van der Waals surface area contributed by atoms with E-state index in [2.05, 4.69) is 14.9 Å². The van der Waals surface area contributed by atoms with Crippen LogP contribution in [-0.4, -0.2) is 29.0 Å². The fourth-order valence-corrected chi connectivity index (χ4v) is 2.02. The normalized spacial score (nSPS) is 17.4. The van der Waals surface area contributed by atoms with E-state index in [1.807, 2.05) is 0 Å². The number of carbonyl (C=O) groups is 1. The Balaban J connectivity index is 2.01. The number of hydrogen-bond donors (Lipinski definition) is 1. The predicted molar refractivity (Wildman–Crippen MR) is 61.2 cm³/mol. The molecule has 1 aliphatic heterocycles. The van der Waals surface area contributed by atoms with Crippen LogP contribution in [0.25, 0.3) is 0 Å². The summed E-state index contributed by atoms with van der Waals surface area (Å²) in [5, 5.41) is 0.384. The molecule has 1 aromatic rings. The Labute approximate surface area is 98.6 Å². The third-order valence-corrected chi connectivity index (χ3v) is 3.00. The quantitative estimate of drug-likeness (QED) is 0.831. The first kappa shape index (κ1) is 11.1. The first-order valence-electron chi connectivity index (χ1n) is 5.18. The van der Waals surface area contributed by atoms with Gasteiger partial charge in [0.1, 0.15) is 11.0 Å². The average molecular weight is 241 g/mol. The van der Waals surface area contributed by atoms with Gasteiger partial charge in [0.2, 0.25) is 5.91 Å². The van der Waals surface area contributed by atoms with Crippen molar-refractivity contribution in [1.29, 1.82) is 0 Å². The number of aromatic nitrogens is 2. The second-order valence-corrected chi connectivity index (χ2v) is 4.25. The molecule has 2 N–H and O–H groups in total. The van der Waals surface area contributed by atoms with E-state index in [1.54, 1.807) is 6.20 Å². The van der Waals surface area contributed by atoms with Gasteiger partial charge in [-0.15, -0.1) is 0 Å². The number of nitrogens with two attached hydrogens (primary N) is 1. The zero-order chi connectivity index (χ0) is 11.5. The molecule has 0 spiro atoms. The monoisotopic (exact) mass is 240 g/mol. The Hall–Kier alpha value is -1.36. The Morgan fingerprint density at radius 2 is 2.12 bits per heavy atom. The number of nitrogens with zero attached hydrogens (tertiary/aromatic N) is 3. The van der Waals surface area contributed by atoms with Gasteiger partial charge in [-0.25, -0.2) is 4.98 Å². The van der Waals surface area contributed by atoms with Crippen LogP contribution in [0.3, 0.4) is 0 Å². The smallest absolute Gasteiger partial charge is 0.220 e. The van der Waals surface area contributed by atoms with Crippen molar-refractivity contribution < 1.29 is 4.79 Å². The average Bonchev–Trinajstić information content (AvgIpc) is 2.29. The van der Waals surface area contributed by atoms with Crippen LogP contribution in [0.2, 0.25) is 5.15 Å². The zero-order valence-electron chi connectivity index (χ0n) is 8.77. The highest BCUT2D eigenvalue weighted by Gasteiger charge is 2.23. The molecule has 2 heterocycles. The molecule has 0 bridgehead atoms. The van der Waals surface area contributed by atoms with Crippen LogP contribution >= 0.6 is 11.6 Å². The second kappa shape index (κ2) is 4.65. The van der Waals surface area contributed by atoms with Crippen LogP contribution < -0.4 is 10.6 Å². The Morgan fingerprint density at radius 1 is 1.44 bits per heavy atom. The minimum absolute atomic E-state index is 0.0107. The highest BCUT2D eigenvalue weighted by Crippen LogP contribution is 2.21. The molecule has 1 amide bonds. The summed E-state index contributed by atoms with van der Waals surface area (Å²) in [7, 11) is 0. The molecule has 1 aliphatic rings. The number of anilines is 1. The van der Waals surface area contributed by atoms with Gasteiger partial charge in [-0.1, -0.05) is 11.6 Å². The number of hydrogen-bond acceptors (Lipinski definition) is 4. The molecule has 16 heavy (non-hydrogen) atoms. The van der Waals surface area contributed by atoms with Crippen LogP contribution in [0.5, 0.6) is 0 Å². The Morgan fingerprint density at radius 3 is 2.69 bits per heavy atom. The maximum atomic E-state index is 11.0. The maximum Gasteiger partial charge on any atom is 0.220 e. The van der Waals surface area contributed by atoms with Gasteiger partial charge in [0, 0.05) is 19.0 Å². The molecule has 86 valence electrons. The van der Waals surface area contributed by atoms with Crippen molar-refractivity contribution in [3.05, 3.63) is 17.5 Å². The van der Waals surface area contributed by atoms with E-state index in [9.17, 15) is 4.79 Å². The highest BCUT2D eigenvalue weighted by molar-refractivity contribution is 6.29. The van der Waals surface area contributed by atoms with Gasteiger partial charge in [-0.2, -0.15) is 0 Å². The SMILES string of the molecule is NC(=O)C1CCN(c2cncc(Cl)n2)CC1. The third kappa shape index (κ3) is 2.41. The van der Waals surface area contributed by atoms with Gasteiger partial charge in [-0.05, 0) is 12.8 Å². The van der Waals surface area contributed by atoms with Crippen LogP contribution in [0.15, 0.2) is 12.4 Å². The molecular formula is C10H13ClN4O. The molecule has 1 aromatic heterocycles. The number of rotatable bonds is 2. The molecular weight excluding hydrogens is 228 g/mol. The van der Waals surface area contributed by atoms with Crippen molar-refractivity contribution in [2.75, 3.05) is 18.0 Å². The summed E-state index contributed by atoms with van der Waals surface area (Å²) in [6, 6.07) is 0. The summed E-state index contributed by atoms with van der Waals surface area (Å²) in [4.78, 5) is 21.2. The van der Waals surface area contributed by atoms with Crippen molar-refractivity contribution in [3.63, 3.8) is 0 Å². The summed E-state index contributed by atoms with van der Waals surface area (Å²) >= 11 is 5.77. The summed E-state index contributed by atoms with van der Waals surface area (Å²) in [6.07, 6.45) is 4.71. The first-order chi connectivity index (χ1) is 7.66. The summed E-state index contributed by atoms with van der Waals surface area (Å²) in [5.41, 5.74) is 5.27. The summed E-state index contributed by atoms with van der Waals surface area (Å²) < 4.78 is 0. The number of primary amides is 1. The molecule has 6 heteroatoms. The van der Waals surface area contributed by atoms with Crippen LogP contribution in [0.4, 0.5) is 5.82 Å². The molecule has 1 saturated heterocycles. The summed E-state index contributed by atoms with van der Waals surface area (Å²) in [5.74, 6) is 0.538. The number of halogens is 1. The van der Waals surface area contributed by atoms with Crippen molar-refractivity contribution in [1.82, 2.24) is 9.97 Å². The van der Waals surface area contributed by atoms with E-state index in [0.717, 1.165) is 31.7 Å². The zero-order valence-corrected chi connectivity index (χ0v) is 9.52. The molecule has 0 unspecified atom stereocenters. The molecule has 0 atom stereocenters. The molecule has 1 fully saturated rings. The van der Waals surface area contributed by atoms with E-state index in [4.69, 9.17) is 17.3 Å². The van der Waals surface area contributed by atoms with E-state index in [0.29, 0.717) is 5.15 Å². The van der Waals surface area contributed by atoms with Crippen LogP contribution in [0.1, 0.15) is 12.8 Å². The Kier molecular flexibility index (Phi) is 3.24. The topological polar surface area (TPSA) is 72.1 Å². The minimum atomic E-state index is -0.211. The molecule has 0 aromatic carbocycles. The lowest BCUT2D eigenvalue weighted by atomic mass is 9.96. The van der Waals surface area contributed by atoms with E-state index in [1.165, 1.54) is 6.20 Å². The molecule has 0 radical (unpaired) electrons. The van der Waals surface area contributed by atoms with Crippen molar-refractivity contribution >= 4 is 23.3 Å². The lowest BCUT2D eigenvalue weighted by molar-refractivity contribution is -0.122. The van der Waals surface area contributed by atoms with Gasteiger partial charge in [0.15, 0.2) is 0 Å². The fraction of sp³-hybridized carbons (Fsp3) is 0.500. The fourth-order valence-electron chi connectivity index (χ4n) is 1.88. The third-order valence-electron chi connectivity index (χ3n) is 2.81. The van der Waals surface area contributed by atoms with Crippen molar-refractivity contribution in [2.45, 2.75) is 12.8 Å². The highest BCUT2D eigenvalue weighted by atomic mass is 35.5. The van der Waals surface area contributed by atoms with Crippen molar-refractivity contribution in [2.24, 2.45) is 11.7 Å². The minimum Gasteiger partial charge on any atom is -0.369 e. The van der Waals surface area contributed by atoms with Crippen molar-refractivity contribution in [3.8, 4) is 0 Å². The Bertz CT molecular complexity index is 390. The number of amides is 1. The molecule has 0 aliphatic carbocycles. The van der Waals surface area contributed by atoms with Gasteiger partial charge in [0.05, 0.1) is 12.4 Å². The van der Waals surface area contributed by atoms with E-state index in [-0.39, 0.29) is 11.8 Å². The van der Waals surface area contributed by atoms with E-state index >= 15 is 0 Å². The van der Waals surface area contributed by atoms with Gasteiger partial charge >= 0.3 is 0 Å². The van der Waals surface area contributed by atoms with Gasteiger partial charge < -0.3 is 10.6 Å². The number of piperidine rings is 1. The molecule has 2 rings (SSSR count).